The van der Waals surface area contributed by atoms with Gasteiger partial charge in [-0.15, -0.1) is 0 Å². The molecule has 3 aromatic carbocycles. The van der Waals surface area contributed by atoms with Gasteiger partial charge in [-0.1, -0.05) is 91.9 Å². The summed E-state index contributed by atoms with van der Waals surface area (Å²) in [7, 11) is -0.534. The Hall–Kier alpha value is -2.31. The maximum absolute atomic E-state index is 6.74. The van der Waals surface area contributed by atoms with Gasteiger partial charge >= 0.3 is 0 Å². The normalized spacial score (nSPS) is 12.5. The molecule has 37 heavy (non-hydrogen) atoms. The van der Waals surface area contributed by atoms with Crippen LogP contribution in [0.5, 0.6) is 11.5 Å². The van der Waals surface area contributed by atoms with E-state index in [1.165, 1.54) is 27.6 Å². The van der Waals surface area contributed by atoms with E-state index in [0.717, 1.165) is 22.6 Å². The minimum Gasteiger partial charge on any atom is -0.490 e. The molecule has 0 saturated heterocycles. The van der Waals surface area contributed by atoms with Crippen molar-refractivity contribution in [2.24, 2.45) is 0 Å². The van der Waals surface area contributed by atoms with Crippen LogP contribution < -0.4 is 14.8 Å². The summed E-state index contributed by atoms with van der Waals surface area (Å²) < 4.78 is 13.2. The van der Waals surface area contributed by atoms with E-state index in [0.29, 0.717) is 0 Å². The van der Waals surface area contributed by atoms with Crippen molar-refractivity contribution in [2.45, 2.75) is 106 Å². The molecule has 0 unspecified atom stereocenters. The van der Waals surface area contributed by atoms with Crippen molar-refractivity contribution < 1.29 is 9.47 Å². The van der Waals surface area contributed by atoms with Gasteiger partial charge in [-0.3, -0.25) is 0 Å². The summed E-state index contributed by atoms with van der Waals surface area (Å²) in [5, 5.41) is 1.66. The van der Waals surface area contributed by atoms with Gasteiger partial charge in [-0.05, 0) is 91.5 Å². The molecule has 0 aliphatic heterocycles. The lowest BCUT2D eigenvalue weighted by molar-refractivity contribution is 0.232. The second-order valence-electron chi connectivity index (χ2n) is 12.6. The summed E-state index contributed by atoms with van der Waals surface area (Å²) in [4.78, 5) is 0. The first-order valence-corrected chi connectivity index (χ1v) is 14.9. The van der Waals surface area contributed by atoms with Crippen LogP contribution in [0.15, 0.2) is 54.6 Å². The molecule has 3 aromatic rings. The minimum atomic E-state index is -0.534. The van der Waals surface area contributed by atoms with Crippen molar-refractivity contribution in [1.29, 1.82) is 0 Å². The molecule has 0 spiro atoms. The van der Waals surface area contributed by atoms with E-state index in [1.807, 2.05) is 0 Å². The first kappa shape index (κ1) is 29.2. The number of hydrogen-bond donors (Lipinski definition) is 0. The summed E-state index contributed by atoms with van der Waals surface area (Å²) in [6, 6.07) is 19.8. The van der Waals surface area contributed by atoms with E-state index in [-0.39, 0.29) is 22.5 Å². The molecule has 0 atom stereocenters. The quantitative estimate of drug-likeness (QED) is 0.290. The maximum Gasteiger partial charge on any atom is 0.139 e. The first-order valence-electron chi connectivity index (χ1n) is 13.6. The molecule has 0 N–H and O–H groups in total. The number of benzene rings is 3. The Balaban J connectivity index is 2.49. The minimum absolute atomic E-state index is 0.0239. The largest absolute Gasteiger partial charge is 0.490 e. The smallest absolute Gasteiger partial charge is 0.139 e. The van der Waals surface area contributed by atoms with Gasteiger partial charge in [-0.25, -0.2) is 0 Å². The summed E-state index contributed by atoms with van der Waals surface area (Å²) in [6.45, 7) is 27.1. The van der Waals surface area contributed by atoms with Crippen molar-refractivity contribution in [3.63, 3.8) is 0 Å². The Morgan fingerprint density at radius 3 is 1.76 bits per heavy atom. The summed E-state index contributed by atoms with van der Waals surface area (Å²) in [5.41, 5.74) is 7.17. The van der Waals surface area contributed by atoms with Gasteiger partial charge in [0, 0.05) is 5.56 Å². The third kappa shape index (κ3) is 6.58. The second kappa shape index (κ2) is 11.2. The van der Waals surface area contributed by atoms with Gasteiger partial charge in [0.05, 0.1) is 17.8 Å². The van der Waals surface area contributed by atoms with Crippen LogP contribution in [0.1, 0.15) is 80.4 Å². The molecule has 0 radical (unpaired) electrons. The predicted molar refractivity (Wildman–Crippen MR) is 164 cm³/mol. The summed E-state index contributed by atoms with van der Waals surface area (Å²) >= 11 is 0. The molecule has 0 bridgehead atoms. The SMILES string of the molecule is Cc1cccc(-c2ccc(OC(C)C)c(-c3ccccc3P(C(C)(C)C)C(C)(C)C)c2OC(C)C)c1C. The molecule has 2 nitrogen and oxygen atoms in total. The number of hydrogen-bond acceptors (Lipinski definition) is 2. The third-order valence-corrected chi connectivity index (χ3v) is 10.0. The molecule has 3 rings (SSSR count). The molecule has 0 amide bonds. The Morgan fingerprint density at radius 1 is 0.622 bits per heavy atom. The molecule has 0 saturated carbocycles. The van der Waals surface area contributed by atoms with Gasteiger partial charge in [0.1, 0.15) is 11.5 Å². The zero-order chi connectivity index (χ0) is 27.7. The number of aryl methyl sites for hydroxylation is 1. The zero-order valence-corrected chi connectivity index (χ0v) is 26.0. The van der Waals surface area contributed by atoms with Crippen LogP contribution in [0.4, 0.5) is 0 Å². The standard InChI is InChI=1S/C34H47O2P/c1-22(2)35-29-21-20-27(26-18-15-16-24(5)25(26)6)32(36-23(3)4)31(29)28-17-13-14-19-30(28)37(33(7,8)9)34(10,11)12/h13-23H,1-12H3. The van der Waals surface area contributed by atoms with Crippen LogP contribution >= 0.6 is 7.92 Å². The van der Waals surface area contributed by atoms with Gasteiger partial charge in [0.15, 0.2) is 0 Å². The highest BCUT2D eigenvalue weighted by Crippen LogP contribution is 2.60. The molecule has 0 heterocycles. The molecular formula is C34H47O2P. The molecule has 0 aliphatic rings. The van der Waals surface area contributed by atoms with Crippen LogP contribution in [-0.4, -0.2) is 22.5 Å². The molecule has 200 valence electrons. The lowest BCUT2D eigenvalue weighted by Crippen LogP contribution is -2.32. The Labute approximate surface area is 227 Å². The predicted octanol–water partition coefficient (Wildman–Crippen LogP) is 9.92. The van der Waals surface area contributed by atoms with E-state index < -0.39 is 7.92 Å². The van der Waals surface area contributed by atoms with Crippen molar-refractivity contribution >= 4 is 13.2 Å². The van der Waals surface area contributed by atoms with Crippen LogP contribution in [0.2, 0.25) is 0 Å². The highest BCUT2D eigenvalue weighted by atomic mass is 31.1. The van der Waals surface area contributed by atoms with Gasteiger partial charge in [0.2, 0.25) is 0 Å². The monoisotopic (exact) mass is 518 g/mol. The zero-order valence-electron chi connectivity index (χ0n) is 25.1. The number of rotatable bonds is 7. The van der Waals surface area contributed by atoms with Crippen LogP contribution in [0, 0.1) is 13.8 Å². The van der Waals surface area contributed by atoms with Crippen molar-refractivity contribution in [1.82, 2.24) is 0 Å². The highest BCUT2D eigenvalue weighted by molar-refractivity contribution is 7.68. The topological polar surface area (TPSA) is 18.5 Å². The molecule has 3 heteroatoms. The average molecular weight is 519 g/mol. The Kier molecular flexibility index (Phi) is 8.86. The van der Waals surface area contributed by atoms with Crippen molar-refractivity contribution in [3.05, 3.63) is 65.7 Å². The van der Waals surface area contributed by atoms with E-state index in [4.69, 9.17) is 9.47 Å². The summed E-state index contributed by atoms with van der Waals surface area (Å²) in [5.74, 6) is 1.79. The Morgan fingerprint density at radius 2 is 1.19 bits per heavy atom. The lowest BCUT2D eigenvalue weighted by atomic mass is 9.92. The van der Waals surface area contributed by atoms with E-state index in [1.54, 1.807) is 0 Å². The fourth-order valence-electron chi connectivity index (χ4n) is 5.39. The molecule has 0 aromatic heterocycles. The summed E-state index contributed by atoms with van der Waals surface area (Å²) in [6.07, 6.45) is 0.0759. The first-order chi connectivity index (χ1) is 17.1. The fourth-order valence-corrected chi connectivity index (χ4v) is 9.51. The average Bonchev–Trinajstić information content (AvgIpc) is 2.74. The molecule has 0 fully saturated rings. The number of ether oxygens (including phenoxy) is 2. The van der Waals surface area contributed by atoms with E-state index >= 15 is 0 Å². The second-order valence-corrected chi connectivity index (χ2v) is 16.4. The van der Waals surface area contributed by atoms with Crippen molar-refractivity contribution in [2.75, 3.05) is 0 Å². The van der Waals surface area contributed by atoms with Crippen LogP contribution in [0.3, 0.4) is 0 Å². The molecule has 0 aliphatic carbocycles. The van der Waals surface area contributed by atoms with Gasteiger partial charge in [0.25, 0.3) is 0 Å². The van der Waals surface area contributed by atoms with Crippen LogP contribution in [-0.2, 0) is 0 Å². The van der Waals surface area contributed by atoms with Gasteiger partial charge < -0.3 is 9.47 Å². The molecular weight excluding hydrogens is 471 g/mol. The maximum atomic E-state index is 6.74. The van der Waals surface area contributed by atoms with E-state index in [9.17, 15) is 0 Å². The van der Waals surface area contributed by atoms with Crippen molar-refractivity contribution in [3.8, 4) is 33.8 Å². The third-order valence-electron chi connectivity index (χ3n) is 6.49. The fraction of sp³-hybridized carbons (Fsp3) is 0.471. The van der Waals surface area contributed by atoms with Crippen LogP contribution in [0.25, 0.3) is 22.3 Å². The van der Waals surface area contributed by atoms with Gasteiger partial charge in [-0.2, -0.15) is 0 Å². The highest BCUT2D eigenvalue weighted by Gasteiger charge is 2.38. The lowest BCUT2D eigenvalue weighted by Gasteiger charge is -2.43. The Bertz CT molecular complexity index is 1210. The van der Waals surface area contributed by atoms with E-state index in [2.05, 4.69) is 138 Å².